The molecule has 2 aromatic carbocycles. The summed E-state index contributed by atoms with van der Waals surface area (Å²) in [4.78, 5) is 33.3. The van der Waals surface area contributed by atoms with Crippen molar-refractivity contribution in [2.75, 3.05) is 36.4 Å². The second-order valence-electron chi connectivity index (χ2n) is 7.37. The van der Waals surface area contributed by atoms with Crippen LogP contribution >= 0.6 is 22.9 Å². The first-order valence-corrected chi connectivity index (χ1v) is 11.6. The lowest BCUT2D eigenvalue weighted by Crippen LogP contribution is -2.49. The van der Waals surface area contributed by atoms with Crippen LogP contribution in [0.2, 0.25) is 5.02 Å². The molecule has 2 heterocycles. The van der Waals surface area contributed by atoms with Crippen molar-refractivity contribution in [2.24, 2.45) is 0 Å². The number of benzene rings is 2. The molecule has 8 heteroatoms. The van der Waals surface area contributed by atoms with Gasteiger partial charge in [0.05, 0.1) is 22.8 Å². The van der Waals surface area contributed by atoms with Crippen LogP contribution in [0.3, 0.4) is 0 Å². The maximum atomic E-state index is 12.7. The number of nitrogens with one attached hydrogen (secondary N) is 1. The van der Waals surface area contributed by atoms with Crippen LogP contribution in [0.15, 0.2) is 66.1 Å². The van der Waals surface area contributed by atoms with Gasteiger partial charge >= 0.3 is 0 Å². The fourth-order valence-corrected chi connectivity index (χ4v) is 4.47. The van der Waals surface area contributed by atoms with Crippen LogP contribution in [0, 0.1) is 0 Å². The van der Waals surface area contributed by atoms with Gasteiger partial charge in [0.15, 0.2) is 5.13 Å². The minimum Gasteiger partial charge on any atom is -0.367 e. The van der Waals surface area contributed by atoms with Crippen molar-refractivity contribution in [3.8, 4) is 0 Å². The van der Waals surface area contributed by atoms with E-state index < -0.39 is 0 Å². The maximum Gasteiger partial charge on any atom is 0.250 e. The Kier molecular flexibility index (Phi) is 7.19. The zero-order chi connectivity index (χ0) is 22.3. The second-order valence-corrected chi connectivity index (χ2v) is 8.64. The molecule has 0 spiro atoms. The minimum atomic E-state index is -0.253. The van der Waals surface area contributed by atoms with Crippen molar-refractivity contribution < 1.29 is 9.59 Å². The lowest BCUT2D eigenvalue weighted by molar-refractivity contribution is -0.130. The molecule has 1 N–H and O–H groups in total. The highest BCUT2D eigenvalue weighted by molar-refractivity contribution is 7.14. The van der Waals surface area contributed by atoms with Gasteiger partial charge in [-0.25, -0.2) is 4.98 Å². The topological polar surface area (TPSA) is 65.5 Å². The van der Waals surface area contributed by atoms with Crippen LogP contribution in [-0.4, -0.2) is 47.9 Å². The third-order valence-electron chi connectivity index (χ3n) is 5.17. The van der Waals surface area contributed by atoms with Crippen LogP contribution in [-0.2, 0) is 16.0 Å². The van der Waals surface area contributed by atoms with Gasteiger partial charge in [-0.05, 0) is 23.8 Å². The van der Waals surface area contributed by atoms with Crippen LogP contribution in [0.4, 0.5) is 10.8 Å². The van der Waals surface area contributed by atoms with Gasteiger partial charge < -0.3 is 9.80 Å². The third kappa shape index (κ3) is 5.75. The Balaban J connectivity index is 1.26. The molecule has 4 rings (SSSR count). The summed E-state index contributed by atoms with van der Waals surface area (Å²) in [5.74, 6) is -0.215. The summed E-state index contributed by atoms with van der Waals surface area (Å²) in [5, 5.41) is 5.78. The minimum absolute atomic E-state index is 0.0379. The Labute approximate surface area is 196 Å². The van der Waals surface area contributed by atoms with E-state index in [-0.39, 0.29) is 18.2 Å². The van der Waals surface area contributed by atoms with Gasteiger partial charge in [-0.15, -0.1) is 11.3 Å². The predicted molar refractivity (Wildman–Crippen MR) is 130 cm³/mol. The lowest BCUT2D eigenvalue weighted by atomic mass is 10.2. The van der Waals surface area contributed by atoms with E-state index in [0.29, 0.717) is 23.9 Å². The summed E-state index contributed by atoms with van der Waals surface area (Å²) in [6, 6.07) is 17.4. The van der Waals surface area contributed by atoms with E-state index in [4.69, 9.17) is 11.6 Å². The van der Waals surface area contributed by atoms with E-state index in [1.54, 1.807) is 6.08 Å². The summed E-state index contributed by atoms with van der Waals surface area (Å²) in [5.41, 5.74) is 2.61. The number of halogens is 1. The molecule has 0 bridgehead atoms. The number of amides is 2. The van der Waals surface area contributed by atoms with Gasteiger partial charge in [0.1, 0.15) is 0 Å². The zero-order valence-electron chi connectivity index (χ0n) is 17.4. The second kappa shape index (κ2) is 10.4. The Bertz CT molecular complexity index is 1110. The largest absolute Gasteiger partial charge is 0.367 e. The van der Waals surface area contributed by atoms with Crippen LogP contribution < -0.4 is 10.2 Å². The van der Waals surface area contributed by atoms with Gasteiger partial charge in [-0.3, -0.25) is 14.9 Å². The van der Waals surface area contributed by atoms with Gasteiger partial charge in [-0.1, -0.05) is 54.1 Å². The molecule has 2 amide bonds. The molecule has 0 radical (unpaired) electrons. The quantitative estimate of drug-likeness (QED) is 0.549. The number of carbonyl (C=O) groups excluding carboxylic acids is 2. The van der Waals surface area contributed by atoms with E-state index in [2.05, 4.69) is 15.2 Å². The van der Waals surface area contributed by atoms with Crippen molar-refractivity contribution in [2.45, 2.75) is 6.42 Å². The number of nitrogens with zero attached hydrogens (tertiary/aromatic N) is 3. The number of hydrogen-bond donors (Lipinski definition) is 1. The molecule has 164 valence electrons. The smallest absolute Gasteiger partial charge is 0.250 e. The van der Waals surface area contributed by atoms with Crippen molar-refractivity contribution in [1.29, 1.82) is 0 Å². The first-order chi connectivity index (χ1) is 15.6. The molecule has 0 saturated carbocycles. The van der Waals surface area contributed by atoms with Gasteiger partial charge in [0.2, 0.25) is 11.8 Å². The van der Waals surface area contributed by atoms with E-state index in [9.17, 15) is 9.59 Å². The molecular weight excluding hydrogens is 444 g/mol. The van der Waals surface area contributed by atoms with Gasteiger partial charge in [0.25, 0.3) is 0 Å². The number of carbonyl (C=O) groups is 2. The number of aromatic nitrogens is 1. The van der Waals surface area contributed by atoms with E-state index in [1.165, 1.54) is 17.4 Å². The molecule has 1 aliphatic rings. The summed E-state index contributed by atoms with van der Waals surface area (Å²) < 4.78 is 0. The predicted octanol–water partition coefficient (Wildman–Crippen LogP) is 4.34. The molecule has 32 heavy (non-hydrogen) atoms. The first-order valence-electron chi connectivity index (χ1n) is 10.3. The highest BCUT2D eigenvalue weighted by Crippen LogP contribution is 2.26. The summed E-state index contributed by atoms with van der Waals surface area (Å²) in [6.07, 6.45) is 3.44. The third-order valence-corrected chi connectivity index (χ3v) is 6.29. The lowest BCUT2D eigenvalue weighted by Gasteiger charge is -2.36. The SMILES string of the molecule is O=C(/C=C/c1ccccc1)Nc1nc(CC(=O)N2CCN(c3ccccc3Cl)CC2)cs1. The van der Waals surface area contributed by atoms with Crippen molar-refractivity contribution in [3.05, 3.63) is 82.3 Å². The highest BCUT2D eigenvalue weighted by atomic mass is 35.5. The number of anilines is 2. The number of thiazole rings is 1. The molecular formula is C24H23ClN4O2S. The number of para-hydroxylation sites is 1. The molecule has 1 aromatic heterocycles. The Hall–Kier alpha value is -3.16. The molecule has 1 saturated heterocycles. The maximum absolute atomic E-state index is 12.7. The first kappa shape index (κ1) is 22.0. The Morgan fingerprint density at radius 2 is 1.75 bits per heavy atom. The average molecular weight is 467 g/mol. The summed E-state index contributed by atoms with van der Waals surface area (Å²) in [6.45, 7) is 2.76. The van der Waals surface area contributed by atoms with Crippen molar-refractivity contribution >= 4 is 51.6 Å². The normalized spacial score (nSPS) is 14.0. The molecule has 3 aromatic rings. The van der Waals surface area contributed by atoms with Gasteiger partial charge in [-0.2, -0.15) is 0 Å². The molecule has 0 unspecified atom stereocenters. The van der Waals surface area contributed by atoms with Crippen molar-refractivity contribution in [3.63, 3.8) is 0 Å². The molecule has 0 aliphatic carbocycles. The van der Waals surface area contributed by atoms with E-state index in [0.717, 1.165) is 29.4 Å². The number of rotatable bonds is 6. The molecule has 0 atom stereocenters. The van der Waals surface area contributed by atoms with E-state index in [1.807, 2.05) is 64.9 Å². The zero-order valence-corrected chi connectivity index (χ0v) is 19.0. The standard InChI is InChI=1S/C24H23ClN4O2S/c25-20-8-4-5-9-21(20)28-12-14-29(15-13-28)23(31)16-19-17-32-24(26-19)27-22(30)11-10-18-6-2-1-3-7-18/h1-11,17H,12-16H2,(H,26,27,30)/b11-10+. The fourth-order valence-electron chi connectivity index (χ4n) is 3.50. The van der Waals surface area contributed by atoms with Gasteiger partial charge in [0, 0.05) is 37.6 Å². The van der Waals surface area contributed by atoms with Crippen LogP contribution in [0.5, 0.6) is 0 Å². The Morgan fingerprint density at radius 3 is 2.50 bits per heavy atom. The number of hydrogen-bond acceptors (Lipinski definition) is 5. The van der Waals surface area contributed by atoms with Crippen molar-refractivity contribution in [1.82, 2.24) is 9.88 Å². The monoisotopic (exact) mass is 466 g/mol. The molecule has 6 nitrogen and oxygen atoms in total. The fraction of sp³-hybridized carbons (Fsp3) is 0.208. The molecule has 1 fully saturated rings. The number of piperazine rings is 1. The average Bonchev–Trinajstić information content (AvgIpc) is 3.25. The summed E-state index contributed by atoms with van der Waals surface area (Å²) in [7, 11) is 0. The summed E-state index contributed by atoms with van der Waals surface area (Å²) >= 11 is 7.61. The molecule has 1 aliphatic heterocycles. The Morgan fingerprint density at radius 1 is 1.03 bits per heavy atom. The van der Waals surface area contributed by atoms with E-state index >= 15 is 0 Å². The van der Waals surface area contributed by atoms with Crippen LogP contribution in [0.25, 0.3) is 6.08 Å². The highest BCUT2D eigenvalue weighted by Gasteiger charge is 2.23. The van der Waals surface area contributed by atoms with Crippen LogP contribution in [0.1, 0.15) is 11.3 Å².